The minimum absolute atomic E-state index is 0.0669. The Morgan fingerprint density at radius 1 is 1.27 bits per heavy atom. The van der Waals surface area contributed by atoms with Crippen molar-refractivity contribution >= 4 is 11.7 Å². The van der Waals surface area contributed by atoms with Crippen LogP contribution in [-0.4, -0.2) is 16.0 Å². The average Bonchev–Trinajstić information content (AvgIpc) is 2.49. The van der Waals surface area contributed by atoms with Crippen molar-refractivity contribution in [1.29, 1.82) is 0 Å². The van der Waals surface area contributed by atoms with Gasteiger partial charge in [-0.2, -0.15) is 0 Å². The van der Waals surface area contributed by atoms with Crippen LogP contribution in [0.2, 0.25) is 0 Å². The molecule has 0 aliphatic carbocycles. The summed E-state index contributed by atoms with van der Waals surface area (Å²) in [4.78, 5) is 22.4. The molecule has 0 saturated heterocycles. The fourth-order valence-electron chi connectivity index (χ4n) is 2.00. The van der Waals surface area contributed by atoms with E-state index in [1.165, 1.54) is 30.3 Å². The molecular formula is C16H15NO5. The van der Waals surface area contributed by atoms with Crippen LogP contribution in [0.15, 0.2) is 42.5 Å². The maximum atomic E-state index is 12.1. The van der Waals surface area contributed by atoms with Gasteiger partial charge in [-0.3, -0.25) is 10.1 Å². The molecule has 6 nitrogen and oxygen atoms in total. The highest BCUT2D eigenvalue weighted by atomic mass is 16.6. The van der Waals surface area contributed by atoms with Crippen molar-refractivity contribution in [3.63, 3.8) is 0 Å². The Hall–Kier alpha value is -2.89. The first-order valence-corrected chi connectivity index (χ1v) is 6.63. The number of carbonyl (C=O) groups is 1. The number of benzene rings is 2. The number of ether oxygens (including phenoxy) is 1. The van der Waals surface area contributed by atoms with Gasteiger partial charge in [0.2, 0.25) is 0 Å². The quantitative estimate of drug-likeness (QED) is 0.530. The first-order chi connectivity index (χ1) is 10.4. The molecule has 1 atom stereocenters. The van der Waals surface area contributed by atoms with Gasteiger partial charge >= 0.3 is 5.97 Å². The highest BCUT2D eigenvalue weighted by Gasteiger charge is 2.18. The van der Waals surface area contributed by atoms with Crippen LogP contribution in [0, 0.1) is 17.0 Å². The van der Waals surface area contributed by atoms with Crippen molar-refractivity contribution in [3.8, 4) is 5.75 Å². The van der Waals surface area contributed by atoms with E-state index in [-0.39, 0.29) is 17.0 Å². The van der Waals surface area contributed by atoms with E-state index in [2.05, 4.69) is 0 Å². The molecule has 114 valence electrons. The van der Waals surface area contributed by atoms with E-state index in [9.17, 15) is 20.0 Å². The number of hydrogen-bond donors (Lipinski definition) is 1. The SMILES string of the molecule is Cc1ccc(O)c(C(=O)OC(C)c2cccc([N+](=O)[O-])c2)c1. The van der Waals surface area contributed by atoms with Gasteiger partial charge in [-0.1, -0.05) is 23.8 Å². The summed E-state index contributed by atoms with van der Waals surface area (Å²) in [5, 5.41) is 20.5. The topological polar surface area (TPSA) is 89.7 Å². The molecule has 2 rings (SSSR count). The minimum atomic E-state index is -0.680. The lowest BCUT2D eigenvalue weighted by atomic mass is 10.1. The average molecular weight is 301 g/mol. The lowest BCUT2D eigenvalue weighted by molar-refractivity contribution is -0.385. The Kier molecular flexibility index (Phi) is 4.41. The molecule has 22 heavy (non-hydrogen) atoms. The number of nitrogens with zero attached hydrogens (tertiary/aromatic N) is 1. The van der Waals surface area contributed by atoms with Crippen LogP contribution in [-0.2, 0) is 4.74 Å². The van der Waals surface area contributed by atoms with Crippen LogP contribution in [0.25, 0.3) is 0 Å². The zero-order valence-electron chi connectivity index (χ0n) is 12.1. The molecule has 0 aliphatic heterocycles. The molecule has 0 aromatic heterocycles. The maximum Gasteiger partial charge on any atom is 0.342 e. The molecule has 0 radical (unpaired) electrons. The standard InChI is InChI=1S/C16H15NO5/c1-10-6-7-15(18)14(8-10)16(19)22-11(2)12-4-3-5-13(9-12)17(20)21/h3-9,11,18H,1-2H3. The van der Waals surface area contributed by atoms with Gasteiger partial charge in [-0.25, -0.2) is 4.79 Å². The van der Waals surface area contributed by atoms with Crippen molar-refractivity contribution in [2.24, 2.45) is 0 Å². The second-order valence-corrected chi connectivity index (χ2v) is 4.92. The summed E-state index contributed by atoms with van der Waals surface area (Å²) in [5.74, 6) is -0.845. The van der Waals surface area contributed by atoms with E-state index in [1.54, 1.807) is 26.0 Å². The maximum absolute atomic E-state index is 12.1. The van der Waals surface area contributed by atoms with Gasteiger partial charge in [0.15, 0.2) is 0 Å². The van der Waals surface area contributed by atoms with E-state index in [4.69, 9.17) is 4.74 Å². The van der Waals surface area contributed by atoms with E-state index >= 15 is 0 Å². The Morgan fingerprint density at radius 3 is 2.68 bits per heavy atom. The van der Waals surface area contributed by atoms with Gasteiger partial charge in [0.25, 0.3) is 5.69 Å². The van der Waals surface area contributed by atoms with Crippen LogP contribution in [0.4, 0.5) is 5.69 Å². The van der Waals surface area contributed by atoms with E-state index < -0.39 is 17.0 Å². The molecule has 0 amide bonds. The summed E-state index contributed by atoms with van der Waals surface area (Å²) in [6, 6.07) is 10.5. The Bertz CT molecular complexity index is 726. The van der Waals surface area contributed by atoms with Crippen molar-refractivity contribution in [2.75, 3.05) is 0 Å². The number of aryl methyl sites for hydroxylation is 1. The second kappa shape index (κ2) is 6.26. The summed E-state index contributed by atoms with van der Waals surface area (Å²) < 4.78 is 5.27. The third-order valence-corrected chi connectivity index (χ3v) is 3.21. The Balaban J connectivity index is 2.19. The first kappa shape index (κ1) is 15.5. The van der Waals surface area contributed by atoms with Crippen LogP contribution < -0.4 is 0 Å². The van der Waals surface area contributed by atoms with Gasteiger partial charge in [0.1, 0.15) is 17.4 Å². The van der Waals surface area contributed by atoms with E-state index in [1.807, 2.05) is 0 Å². The fourth-order valence-corrected chi connectivity index (χ4v) is 2.00. The molecule has 0 fully saturated rings. The number of carbonyl (C=O) groups excluding carboxylic acids is 1. The fraction of sp³-hybridized carbons (Fsp3) is 0.188. The highest BCUT2D eigenvalue weighted by molar-refractivity contribution is 5.92. The second-order valence-electron chi connectivity index (χ2n) is 4.92. The number of hydrogen-bond acceptors (Lipinski definition) is 5. The first-order valence-electron chi connectivity index (χ1n) is 6.63. The van der Waals surface area contributed by atoms with Crippen LogP contribution in [0.5, 0.6) is 5.75 Å². The van der Waals surface area contributed by atoms with Crippen LogP contribution in [0.3, 0.4) is 0 Å². The van der Waals surface area contributed by atoms with Gasteiger partial charge < -0.3 is 9.84 Å². The summed E-state index contributed by atoms with van der Waals surface area (Å²) in [7, 11) is 0. The number of nitro groups is 1. The Labute approximate surface area is 127 Å². The van der Waals surface area contributed by atoms with Crippen LogP contribution >= 0.6 is 0 Å². The third kappa shape index (κ3) is 3.41. The number of non-ortho nitro benzene ring substituents is 1. The van der Waals surface area contributed by atoms with E-state index in [0.29, 0.717) is 5.56 Å². The number of aromatic hydroxyl groups is 1. The zero-order valence-corrected chi connectivity index (χ0v) is 12.1. The molecule has 0 aliphatic rings. The van der Waals surface area contributed by atoms with Crippen molar-refractivity contribution in [3.05, 3.63) is 69.3 Å². The molecule has 1 unspecified atom stereocenters. The number of rotatable bonds is 4. The predicted molar refractivity (Wildman–Crippen MR) is 79.8 cm³/mol. The minimum Gasteiger partial charge on any atom is -0.507 e. The summed E-state index contributed by atoms with van der Waals surface area (Å²) in [6.45, 7) is 3.41. The van der Waals surface area contributed by atoms with Gasteiger partial charge in [0.05, 0.1) is 4.92 Å². The molecular weight excluding hydrogens is 286 g/mol. The monoisotopic (exact) mass is 301 g/mol. The smallest absolute Gasteiger partial charge is 0.342 e. The molecule has 6 heteroatoms. The van der Waals surface area contributed by atoms with Crippen LogP contribution in [0.1, 0.15) is 34.5 Å². The number of phenols is 1. The molecule has 2 aromatic rings. The summed E-state index contributed by atoms with van der Waals surface area (Å²) in [5.41, 5.74) is 1.32. The lowest BCUT2D eigenvalue weighted by Crippen LogP contribution is -2.10. The van der Waals surface area contributed by atoms with Crippen molar-refractivity contribution in [1.82, 2.24) is 0 Å². The number of esters is 1. The van der Waals surface area contributed by atoms with Crippen molar-refractivity contribution in [2.45, 2.75) is 20.0 Å². The molecule has 0 spiro atoms. The zero-order chi connectivity index (χ0) is 16.3. The number of nitro benzene ring substituents is 1. The Morgan fingerprint density at radius 2 is 2.00 bits per heavy atom. The lowest BCUT2D eigenvalue weighted by Gasteiger charge is -2.14. The number of phenolic OH excluding ortho intramolecular Hbond substituents is 1. The van der Waals surface area contributed by atoms with Gasteiger partial charge in [-0.15, -0.1) is 0 Å². The summed E-state index contributed by atoms with van der Waals surface area (Å²) in [6.07, 6.45) is -0.674. The molecule has 0 saturated carbocycles. The normalized spacial score (nSPS) is 11.7. The molecule has 0 heterocycles. The van der Waals surface area contributed by atoms with E-state index in [0.717, 1.165) is 5.56 Å². The van der Waals surface area contributed by atoms with Crippen molar-refractivity contribution < 1.29 is 19.6 Å². The van der Waals surface area contributed by atoms with Gasteiger partial charge in [0, 0.05) is 12.1 Å². The highest BCUT2D eigenvalue weighted by Crippen LogP contribution is 2.25. The molecule has 1 N–H and O–H groups in total. The van der Waals surface area contributed by atoms with Gasteiger partial charge in [-0.05, 0) is 31.5 Å². The predicted octanol–water partition coefficient (Wildman–Crippen LogP) is 3.53. The molecule has 2 aromatic carbocycles. The summed E-state index contributed by atoms with van der Waals surface area (Å²) >= 11 is 0. The largest absolute Gasteiger partial charge is 0.507 e. The third-order valence-electron chi connectivity index (χ3n) is 3.21. The molecule has 0 bridgehead atoms.